The van der Waals surface area contributed by atoms with Gasteiger partial charge in [0, 0.05) is 27.9 Å². The first-order chi connectivity index (χ1) is 9.47. The third kappa shape index (κ3) is 3.13. The largest absolute Gasteiger partial charge is 0.322 e. The van der Waals surface area contributed by atoms with Gasteiger partial charge < -0.3 is 5.32 Å². The van der Waals surface area contributed by atoms with E-state index in [1.807, 2.05) is 0 Å². The van der Waals surface area contributed by atoms with Gasteiger partial charge in [-0.3, -0.25) is 14.9 Å². The molecule has 0 aliphatic rings. The lowest BCUT2D eigenvalue weighted by Gasteiger charge is -2.06. The van der Waals surface area contributed by atoms with Gasteiger partial charge in [-0.25, -0.2) is 0 Å². The summed E-state index contributed by atoms with van der Waals surface area (Å²) >= 11 is 5.75. The lowest BCUT2D eigenvalue weighted by atomic mass is 10.1. The Bertz CT molecular complexity index is 669. The number of hydrogen-bond donors (Lipinski definition) is 1. The van der Waals surface area contributed by atoms with E-state index in [-0.39, 0.29) is 11.3 Å². The van der Waals surface area contributed by atoms with Crippen molar-refractivity contribution in [1.82, 2.24) is 0 Å². The van der Waals surface area contributed by atoms with Crippen LogP contribution in [0.15, 0.2) is 42.5 Å². The highest BCUT2D eigenvalue weighted by molar-refractivity contribution is 6.30. The van der Waals surface area contributed by atoms with E-state index in [0.717, 1.165) is 0 Å². The number of nitro groups is 1. The number of carbonyl (C=O) groups excluding carboxylic acids is 1. The molecular weight excluding hydrogens is 280 g/mol. The van der Waals surface area contributed by atoms with Crippen molar-refractivity contribution in [3.63, 3.8) is 0 Å². The van der Waals surface area contributed by atoms with E-state index in [2.05, 4.69) is 5.32 Å². The highest BCUT2D eigenvalue weighted by atomic mass is 35.5. The van der Waals surface area contributed by atoms with E-state index in [1.54, 1.807) is 43.3 Å². The molecule has 102 valence electrons. The minimum atomic E-state index is -0.506. The monoisotopic (exact) mass is 290 g/mol. The van der Waals surface area contributed by atoms with Crippen LogP contribution >= 0.6 is 11.6 Å². The van der Waals surface area contributed by atoms with Crippen LogP contribution in [-0.4, -0.2) is 10.8 Å². The van der Waals surface area contributed by atoms with Crippen LogP contribution in [0, 0.1) is 17.0 Å². The van der Waals surface area contributed by atoms with Crippen LogP contribution < -0.4 is 5.32 Å². The van der Waals surface area contributed by atoms with E-state index in [4.69, 9.17) is 11.6 Å². The molecule has 2 aromatic rings. The lowest BCUT2D eigenvalue weighted by Crippen LogP contribution is -2.12. The van der Waals surface area contributed by atoms with Crippen LogP contribution in [0.3, 0.4) is 0 Å². The predicted molar refractivity (Wildman–Crippen MR) is 77.2 cm³/mol. The number of carbonyl (C=O) groups is 1. The van der Waals surface area contributed by atoms with Gasteiger partial charge in [-0.15, -0.1) is 0 Å². The average Bonchev–Trinajstić information content (AvgIpc) is 2.41. The molecule has 0 unspecified atom stereocenters. The van der Waals surface area contributed by atoms with Crippen molar-refractivity contribution in [1.29, 1.82) is 0 Å². The number of nitrogens with one attached hydrogen (secondary N) is 1. The summed E-state index contributed by atoms with van der Waals surface area (Å²) in [5, 5.41) is 14.1. The van der Waals surface area contributed by atoms with Crippen molar-refractivity contribution in [3.8, 4) is 0 Å². The molecule has 2 rings (SSSR count). The van der Waals surface area contributed by atoms with Gasteiger partial charge in [-0.1, -0.05) is 17.7 Å². The van der Waals surface area contributed by atoms with E-state index in [9.17, 15) is 14.9 Å². The van der Waals surface area contributed by atoms with Gasteiger partial charge in [0.2, 0.25) is 0 Å². The second kappa shape index (κ2) is 5.71. The molecule has 0 atom stereocenters. The number of nitrogens with zero attached hydrogens (tertiary/aromatic N) is 1. The molecule has 1 N–H and O–H groups in total. The fourth-order valence-electron chi connectivity index (χ4n) is 1.68. The van der Waals surface area contributed by atoms with Crippen LogP contribution in [-0.2, 0) is 0 Å². The Labute approximate surface area is 120 Å². The molecule has 0 radical (unpaired) electrons. The standard InChI is InChI=1S/C14H11ClN2O3/c1-9-2-3-10(8-13(9)17(19)20)14(18)16-12-6-4-11(15)5-7-12/h2-8H,1H3,(H,16,18). The quantitative estimate of drug-likeness (QED) is 0.690. The number of amides is 1. The molecule has 0 aromatic heterocycles. The molecule has 20 heavy (non-hydrogen) atoms. The van der Waals surface area contributed by atoms with Crippen LogP contribution in [0.25, 0.3) is 0 Å². The molecule has 0 saturated carbocycles. The van der Waals surface area contributed by atoms with E-state index in [0.29, 0.717) is 16.3 Å². The van der Waals surface area contributed by atoms with Gasteiger partial charge in [0.1, 0.15) is 0 Å². The summed E-state index contributed by atoms with van der Waals surface area (Å²) < 4.78 is 0. The fourth-order valence-corrected chi connectivity index (χ4v) is 1.81. The predicted octanol–water partition coefficient (Wildman–Crippen LogP) is 3.81. The third-order valence-electron chi connectivity index (χ3n) is 2.77. The molecule has 0 saturated heterocycles. The Morgan fingerprint density at radius 1 is 1.20 bits per heavy atom. The molecule has 0 aliphatic carbocycles. The number of nitro benzene ring substituents is 1. The van der Waals surface area contributed by atoms with E-state index < -0.39 is 10.8 Å². The smallest absolute Gasteiger partial charge is 0.273 e. The van der Waals surface area contributed by atoms with Crippen molar-refractivity contribution in [2.24, 2.45) is 0 Å². The van der Waals surface area contributed by atoms with Crippen molar-refractivity contribution in [2.45, 2.75) is 6.92 Å². The molecule has 6 heteroatoms. The van der Waals surface area contributed by atoms with Gasteiger partial charge >= 0.3 is 0 Å². The summed E-state index contributed by atoms with van der Waals surface area (Å²) in [4.78, 5) is 22.4. The van der Waals surface area contributed by atoms with Crippen molar-refractivity contribution in [2.75, 3.05) is 5.32 Å². The first kappa shape index (κ1) is 14.0. The molecule has 2 aromatic carbocycles. The highest BCUT2D eigenvalue weighted by Crippen LogP contribution is 2.20. The zero-order chi connectivity index (χ0) is 14.7. The SMILES string of the molecule is Cc1ccc(C(=O)Nc2ccc(Cl)cc2)cc1[N+](=O)[O-]. The second-order valence-electron chi connectivity index (χ2n) is 4.22. The van der Waals surface area contributed by atoms with Gasteiger partial charge in [-0.2, -0.15) is 0 Å². The molecule has 5 nitrogen and oxygen atoms in total. The molecule has 0 fully saturated rings. The van der Waals surface area contributed by atoms with Crippen molar-refractivity contribution >= 4 is 28.9 Å². The summed E-state index contributed by atoms with van der Waals surface area (Å²) in [7, 11) is 0. The zero-order valence-electron chi connectivity index (χ0n) is 10.6. The second-order valence-corrected chi connectivity index (χ2v) is 4.66. The maximum atomic E-state index is 12.0. The van der Waals surface area contributed by atoms with Gasteiger partial charge in [-0.05, 0) is 37.3 Å². The molecular formula is C14H11ClN2O3. The first-order valence-corrected chi connectivity index (χ1v) is 6.17. The average molecular weight is 291 g/mol. The normalized spacial score (nSPS) is 10.1. The number of benzene rings is 2. The summed E-state index contributed by atoms with van der Waals surface area (Å²) in [5.74, 6) is -0.407. The zero-order valence-corrected chi connectivity index (χ0v) is 11.3. The maximum Gasteiger partial charge on any atom is 0.273 e. The number of anilines is 1. The molecule has 0 bridgehead atoms. The fraction of sp³-hybridized carbons (Fsp3) is 0.0714. The van der Waals surface area contributed by atoms with E-state index in [1.165, 1.54) is 6.07 Å². The highest BCUT2D eigenvalue weighted by Gasteiger charge is 2.14. The Hall–Kier alpha value is -2.40. The minimum Gasteiger partial charge on any atom is -0.322 e. The third-order valence-corrected chi connectivity index (χ3v) is 3.02. The maximum absolute atomic E-state index is 12.0. The number of halogens is 1. The Kier molecular flexibility index (Phi) is 4.00. The van der Waals surface area contributed by atoms with Crippen LogP contribution in [0.1, 0.15) is 15.9 Å². The van der Waals surface area contributed by atoms with Gasteiger partial charge in [0.15, 0.2) is 0 Å². The molecule has 0 aliphatic heterocycles. The summed E-state index contributed by atoms with van der Waals surface area (Å²) in [6.07, 6.45) is 0. The van der Waals surface area contributed by atoms with Crippen molar-refractivity contribution in [3.05, 3.63) is 68.7 Å². The lowest BCUT2D eigenvalue weighted by molar-refractivity contribution is -0.385. The van der Waals surface area contributed by atoms with Crippen LogP contribution in [0.5, 0.6) is 0 Å². The van der Waals surface area contributed by atoms with Crippen LogP contribution in [0.2, 0.25) is 5.02 Å². The summed E-state index contributed by atoms with van der Waals surface area (Å²) in [6.45, 7) is 1.62. The number of hydrogen-bond acceptors (Lipinski definition) is 3. The van der Waals surface area contributed by atoms with Crippen LogP contribution in [0.4, 0.5) is 11.4 Å². The molecule has 0 spiro atoms. The first-order valence-electron chi connectivity index (χ1n) is 5.79. The Morgan fingerprint density at radius 3 is 2.45 bits per heavy atom. The Balaban J connectivity index is 2.23. The van der Waals surface area contributed by atoms with Gasteiger partial charge in [0.25, 0.3) is 11.6 Å². The number of aryl methyl sites for hydroxylation is 1. The van der Waals surface area contributed by atoms with Crippen molar-refractivity contribution < 1.29 is 9.72 Å². The topological polar surface area (TPSA) is 72.2 Å². The Morgan fingerprint density at radius 2 is 1.85 bits per heavy atom. The minimum absolute atomic E-state index is 0.0752. The number of rotatable bonds is 3. The summed E-state index contributed by atoms with van der Waals surface area (Å²) in [5.41, 5.74) is 1.24. The molecule has 0 heterocycles. The van der Waals surface area contributed by atoms with E-state index >= 15 is 0 Å². The van der Waals surface area contributed by atoms with Gasteiger partial charge in [0.05, 0.1) is 4.92 Å². The molecule has 1 amide bonds. The summed E-state index contributed by atoms with van der Waals surface area (Å²) in [6, 6.07) is 11.0.